The number of aryl methyl sites for hydroxylation is 2. The fourth-order valence-corrected chi connectivity index (χ4v) is 1.27. The normalized spacial score (nSPS) is 11.5. The molecule has 1 nitrogen and oxygen atoms in total. The van der Waals surface area contributed by atoms with Crippen molar-refractivity contribution >= 4 is 5.78 Å². The number of carbonyl (C=O) groups excluding carboxylic acids is 1. The second-order valence-corrected chi connectivity index (χ2v) is 3.26. The van der Waals surface area contributed by atoms with Gasteiger partial charge in [0.15, 0.2) is 0 Å². The van der Waals surface area contributed by atoms with Crippen molar-refractivity contribution in [2.75, 3.05) is 0 Å². The summed E-state index contributed by atoms with van der Waals surface area (Å²) in [6, 6.07) is 5.33. The third-order valence-corrected chi connectivity index (χ3v) is 1.96. The largest absolute Gasteiger partial charge is 0.454 e. The third kappa shape index (κ3) is 2.81. The molecular formula is C11H10F3O. The highest BCUT2D eigenvalue weighted by molar-refractivity contribution is 6.00. The Kier molecular flexibility index (Phi) is 3.17. The summed E-state index contributed by atoms with van der Waals surface area (Å²) in [5, 5.41) is 0. The predicted molar refractivity (Wildman–Crippen MR) is 49.8 cm³/mol. The Bertz CT molecular complexity index is 380. The maximum atomic E-state index is 12.1. The van der Waals surface area contributed by atoms with Gasteiger partial charge in [-0.2, -0.15) is 13.2 Å². The lowest BCUT2D eigenvalue weighted by Gasteiger charge is -2.07. The molecule has 0 aliphatic carbocycles. The van der Waals surface area contributed by atoms with Gasteiger partial charge in [0.2, 0.25) is 0 Å². The van der Waals surface area contributed by atoms with E-state index in [0.29, 0.717) is 17.5 Å². The number of hydrogen-bond donors (Lipinski definition) is 0. The highest BCUT2D eigenvalue weighted by Gasteiger charge is 2.39. The zero-order valence-electron chi connectivity index (χ0n) is 8.40. The minimum Gasteiger partial charge on any atom is -0.284 e. The summed E-state index contributed by atoms with van der Waals surface area (Å²) in [5.74, 6) is -1.80. The molecule has 0 N–H and O–H groups in total. The van der Waals surface area contributed by atoms with Gasteiger partial charge in [-0.3, -0.25) is 4.79 Å². The summed E-state index contributed by atoms with van der Waals surface area (Å²) in [4.78, 5) is 10.9. The van der Waals surface area contributed by atoms with E-state index in [0.717, 1.165) is 0 Å². The van der Waals surface area contributed by atoms with Crippen LogP contribution in [0.1, 0.15) is 28.4 Å². The first-order valence-corrected chi connectivity index (χ1v) is 4.49. The van der Waals surface area contributed by atoms with Crippen molar-refractivity contribution in [2.45, 2.75) is 26.4 Å². The molecule has 0 aliphatic rings. The Morgan fingerprint density at radius 2 is 2.00 bits per heavy atom. The van der Waals surface area contributed by atoms with Crippen LogP contribution in [-0.4, -0.2) is 12.0 Å². The Morgan fingerprint density at radius 3 is 2.47 bits per heavy atom. The fourth-order valence-electron chi connectivity index (χ4n) is 1.27. The first-order valence-electron chi connectivity index (χ1n) is 4.49. The highest BCUT2D eigenvalue weighted by atomic mass is 19.4. The molecular weight excluding hydrogens is 205 g/mol. The molecule has 15 heavy (non-hydrogen) atoms. The molecule has 0 bridgehead atoms. The molecule has 0 saturated heterocycles. The summed E-state index contributed by atoms with van der Waals surface area (Å²) in [6.45, 7) is 3.42. The number of hydrogen-bond acceptors (Lipinski definition) is 1. The van der Waals surface area contributed by atoms with Crippen molar-refractivity contribution < 1.29 is 18.0 Å². The quantitative estimate of drug-likeness (QED) is 0.693. The Hall–Kier alpha value is -1.32. The molecule has 4 heteroatoms. The molecule has 0 spiro atoms. The number of alkyl halides is 3. The summed E-state index contributed by atoms with van der Waals surface area (Å²) in [5.41, 5.74) is 0.847. The molecule has 0 amide bonds. The predicted octanol–water partition coefficient (Wildman–Crippen LogP) is 3.10. The van der Waals surface area contributed by atoms with Crippen LogP contribution in [0.5, 0.6) is 0 Å². The summed E-state index contributed by atoms with van der Waals surface area (Å²) < 4.78 is 36.4. The van der Waals surface area contributed by atoms with E-state index in [4.69, 9.17) is 0 Å². The molecule has 1 aromatic carbocycles. The van der Waals surface area contributed by atoms with Crippen LogP contribution in [-0.2, 0) is 6.42 Å². The first kappa shape index (κ1) is 11.8. The van der Waals surface area contributed by atoms with Crippen LogP contribution >= 0.6 is 0 Å². The minimum atomic E-state index is -4.81. The molecule has 1 rings (SSSR count). The van der Waals surface area contributed by atoms with Crippen molar-refractivity contribution in [3.8, 4) is 0 Å². The van der Waals surface area contributed by atoms with Crippen LogP contribution in [0.15, 0.2) is 12.1 Å². The lowest BCUT2D eigenvalue weighted by molar-refractivity contribution is -0.0885. The van der Waals surface area contributed by atoms with E-state index in [1.54, 1.807) is 13.8 Å². The van der Waals surface area contributed by atoms with Gasteiger partial charge >= 0.3 is 6.18 Å². The molecule has 1 radical (unpaired) electrons. The molecule has 0 saturated carbocycles. The van der Waals surface area contributed by atoms with Gasteiger partial charge < -0.3 is 0 Å². The molecule has 0 atom stereocenters. The van der Waals surface area contributed by atoms with Gasteiger partial charge in [-0.05, 0) is 42.7 Å². The van der Waals surface area contributed by atoms with E-state index in [-0.39, 0.29) is 5.56 Å². The zero-order valence-corrected chi connectivity index (χ0v) is 8.40. The van der Waals surface area contributed by atoms with E-state index >= 15 is 0 Å². The highest BCUT2D eigenvalue weighted by Crippen LogP contribution is 2.22. The maximum absolute atomic E-state index is 12.1. The Labute approximate surface area is 85.9 Å². The van der Waals surface area contributed by atoms with Crippen LogP contribution in [0.25, 0.3) is 0 Å². The van der Waals surface area contributed by atoms with Gasteiger partial charge in [0.25, 0.3) is 5.78 Å². The Morgan fingerprint density at radius 1 is 1.40 bits per heavy atom. The van der Waals surface area contributed by atoms with E-state index in [9.17, 15) is 18.0 Å². The van der Waals surface area contributed by atoms with Crippen molar-refractivity contribution in [3.05, 3.63) is 34.9 Å². The summed E-state index contributed by atoms with van der Waals surface area (Å²) >= 11 is 0. The lowest BCUT2D eigenvalue weighted by Crippen LogP contribution is -2.22. The van der Waals surface area contributed by atoms with Gasteiger partial charge in [0.1, 0.15) is 0 Å². The second kappa shape index (κ2) is 4.04. The number of Topliss-reactive ketones (excluding diaryl/α,β-unsaturated/α-hetero) is 1. The molecule has 0 aliphatic heterocycles. The van der Waals surface area contributed by atoms with Gasteiger partial charge in [0.05, 0.1) is 0 Å². The molecule has 0 unspecified atom stereocenters. The van der Waals surface area contributed by atoms with Gasteiger partial charge in [0, 0.05) is 5.56 Å². The summed E-state index contributed by atoms with van der Waals surface area (Å²) in [6.07, 6.45) is -4.25. The standard InChI is InChI=1S/C11H10F3O/c1-3-8-4-7(2)5-9(6-8)10(15)11(12,13)14/h5-6H,3H2,1-2H3. The monoisotopic (exact) mass is 215 g/mol. The van der Waals surface area contributed by atoms with E-state index < -0.39 is 12.0 Å². The van der Waals surface area contributed by atoms with E-state index in [1.807, 2.05) is 0 Å². The SMILES string of the molecule is CCc1[c]c(C)cc(C(=O)C(F)(F)F)c1. The van der Waals surface area contributed by atoms with Crippen LogP contribution in [0.4, 0.5) is 13.2 Å². The van der Waals surface area contributed by atoms with Crippen LogP contribution < -0.4 is 0 Å². The molecule has 0 heterocycles. The average Bonchev–Trinajstić information content (AvgIpc) is 2.14. The molecule has 0 aromatic heterocycles. The molecule has 1 aromatic rings. The molecule has 81 valence electrons. The van der Waals surface area contributed by atoms with Crippen molar-refractivity contribution in [2.24, 2.45) is 0 Å². The number of halogens is 3. The average molecular weight is 215 g/mol. The zero-order chi connectivity index (χ0) is 11.6. The van der Waals surface area contributed by atoms with Gasteiger partial charge in [-0.1, -0.05) is 6.92 Å². The van der Waals surface area contributed by atoms with E-state index in [1.165, 1.54) is 12.1 Å². The van der Waals surface area contributed by atoms with Crippen molar-refractivity contribution in [1.82, 2.24) is 0 Å². The second-order valence-electron chi connectivity index (χ2n) is 3.26. The topological polar surface area (TPSA) is 17.1 Å². The van der Waals surface area contributed by atoms with Gasteiger partial charge in [-0.25, -0.2) is 0 Å². The van der Waals surface area contributed by atoms with Gasteiger partial charge in [-0.15, -0.1) is 0 Å². The van der Waals surface area contributed by atoms with Crippen molar-refractivity contribution in [3.63, 3.8) is 0 Å². The lowest BCUT2D eigenvalue weighted by atomic mass is 10.0. The summed E-state index contributed by atoms with van der Waals surface area (Å²) in [7, 11) is 0. The molecule has 0 fully saturated rings. The fraction of sp³-hybridized carbons (Fsp3) is 0.364. The van der Waals surface area contributed by atoms with Crippen molar-refractivity contribution in [1.29, 1.82) is 0 Å². The number of benzene rings is 1. The number of ketones is 1. The van der Waals surface area contributed by atoms with Crippen LogP contribution in [0, 0.1) is 13.0 Å². The smallest absolute Gasteiger partial charge is 0.284 e. The Balaban J connectivity index is 3.15. The van der Waals surface area contributed by atoms with E-state index in [2.05, 4.69) is 6.07 Å². The third-order valence-electron chi connectivity index (χ3n) is 1.96. The number of carbonyl (C=O) groups is 1. The van der Waals surface area contributed by atoms with Crippen LogP contribution in [0.2, 0.25) is 0 Å². The number of rotatable bonds is 2. The maximum Gasteiger partial charge on any atom is 0.454 e. The minimum absolute atomic E-state index is 0.310. The van der Waals surface area contributed by atoms with Crippen LogP contribution in [0.3, 0.4) is 0 Å². The first-order chi connectivity index (χ1) is 6.84.